The molecule has 0 saturated heterocycles. The third kappa shape index (κ3) is 5.23. The number of nitrogens with one attached hydrogen (secondary N) is 2. The number of hydrogen-bond donors (Lipinski definition) is 2. The molecule has 2 unspecified atom stereocenters. The Hall–Kier alpha value is -2.08. The van der Waals surface area contributed by atoms with Crippen molar-refractivity contribution in [1.82, 2.24) is 10.2 Å². The molecule has 1 aromatic carbocycles. The maximum absolute atomic E-state index is 12.3. The number of carbonyl (C=O) groups is 2. The minimum absolute atomic E-state index is 0.0213. The number of amides is 2. The number of benzene rings is 1. The average Bonchev–Trinajstić information content (AvgIpc) is 3.34. The molecule has 24 heavy (non-hydrogen) atoms. The van der Waals surface area contributed by atoms with Crippen molar-refractivity contribution < 1.29 is 14.3 Å². The summed E-state index contributed by atoms with van der Waals surface area (Å²) in [6.07, 6.45) is 1.52. The monoisotopic (exact) mass is 333 g/mol. The molecule has 1 saturated carbocycles. The molecule has 132 valence electrons. The van der Waals surface area contributed by atoms with E-state index in [-0.39, 0.29) is 23.7 Å². The summed E-state index contributed by atoms with van der Waals surface area (Å²) in [5.74, 6) is 0.0680. The molecule has 0 bridgehead atoms. The summed E-state index contributed by atoms with van der Waals surface area (Å²) in [6, 6.07) is 7.34. The molecule has 1 aliphatic rings. The van der Waals surface area contributed by atoms with Crippen molar-refractivity contribution in [3.05, 3.63) is 24.3 Å². The third-order valence-corrected chi connectivity index (χ3v) is 3.99. The first kappa shape index (κ1) is 18.3. The molecule has 2 amide bonds. The van der Waals surface area contributed by atoms with E-state index in [0.29, 0.717) is 31.0 Å². The molecule has 0 heterocycles. The van der Waals surface area contributed by atoms with Crippen LogP contribution < -0.4 is 15.4 Å². The highest BCUT2D eigenvalue weighted by atomic mass is 16.5. The van der Waals surface area contributed by atoms with Crippen LogP contribution in [-0.2, 0) is 9.59 Å². The molecule has 6 nitrogen and oxygen atoms in total. The van der Waals surface area contributed by atoms with Gasteiger partial charge in [-0.25, -0.2) is 0 Å². The number of hydrogen-bond acceptors (Lipinski definition) is 4. The summed E-state index contributed by atoms with van der Waals surface area (Å²) in [7, 11) is 4.01. The highest BCUT2D eigenvalue weighted by molar-refractivity contribution is 6.00. The zero-order valence-electron chi connectivity index (χ0n) is 14.7. The van der Waals surface area contributed by atoms with Crippen LogP contribution in [0.5, 0.6) is 5.75 Å². The Morgan fingerprint density at radius 1 is 1.21 bits per heavy atom. The van der Waals surface area contributed by atoms with Crippen LogP contribution in [0.15, 0.2) is 24.3 Å². The average molecular weight is 333 g/mol. The number of nitrogens with zero attached hydrogens (tertiary/aromatic N) is 1. The predicted octanol–water partition coefficient (Wildman–Crippen LogP) is 1.73. The van der Waals surface area contributed by atoms with E-state index < -0.39 is 0 Å². The van der Waals surface area contributed by atoms with Crippen molar-refractivity contribution in [2.75, 3.05) is 39.1 Å². The molecular weight excluding hydrogens is 306 g/mol. The Morgan fingerprint density at radius 3 is 2.62 bits per heavy atom. The van der Waals surface area contributed by atoms with Crippen LogP contribution in [-0.4, -0.2) is 50.5 Å². The molecule has 0 spiro atoms. The largest absolute Gasteiger partial charge is 0.492 e. The summed E-state index contributed by atoms with van der Waals surface area (Å²) >= 11 is 0. The quantitative estimate of drug-likeness (QED) is 0.675. The number of ether oxygens (including phenoxy) is 1. The maximum Gasteiger partial charge on any atom is 0.228 e. The van der Waals surface area contributed by atoms with Gasteiger partial charge in [0.15, 0.2) is 0 Å². The highest BCUT2D eigenvalue weighted by Gasteiger charge is 2.48. The zero-order valence-corrected chi connectivity index (χ0v) is 14.7. The lowest BCUT2D eigenvalue weighted by molar-refractivity contribution is -0.125. The fourth-order valence-electron chi connectivity index (χ4n) is 2.59. The van der Waals surface area contributed by atoms with E-state index in [4.69, 9.17) is 4.74 Å². The van der Waals surface area contributed by atoms with Crippen molar-refractivity contribution in [3.8, 4) is 5.75 Å². The number of rotatable bonds is 9. The van der Waals surface area contributed by atoms with E-state index in [9.17, 15) is 9.59 Å². The highest BCUT2D eigenvalue weighted by Crippen LogP contribution is 2.40. The second kappa shape index (κ2) is 8.68. The molecule has 0 aliphatic heterocycles. The fraction of sp³-hybridized carbons (Fsp3) is 0.556. The number of para-hydroxylation sites is 2. The van der Waals surface area contributed by atoms with E-state index in [1.807, 2.05) is 45.3 Å². The molecule has 1 fully saturated rings. The van der Waals surface area contributed by atoms with Gasteiger partial charge in [0.2, 0.25) is 11.8 Å². The Bertz CT molecular complexity index is 574. The first-order valence-electron chi connectivity index (χ1n) is 8.48. The van der Waals surface area contributed by atoms with Gasteiger partial charge in [-0.2, -0.15) is 0 Å². The molecule has 2 N–H and O–H groups in total. The second-order valence-corrected chi connectivity index (χ2v) is 6.31. The van der Waals surface area contributed by atoms with Gasteiger partial charge in [0.1, 0.15) is 5.75 Å². The summed E-state index contributed by atoms with van der Waals surface area (Å²) in [5.41, 5.74) is 0.654. The van der Waals surface area contributed by atoms with Gasteiger partial charge < -0.3 is 20.3 Å². The Labute approximate surface area is 143 Å². The van der Waals surface area contributed by atoms with Gasteiger partial charge >= 0.3 is 0 Å². The van der Waals surface area contributed by atoms with Crippen LogP contribution >= 0.6 is 0 Å². The van der Waals surface area contributed by atoms with Gasteiger partial charge in [0.25, 0.3) is 0 Å². The number of carbonyl (C=O) groups excluding carboxylic acids is 2. The summed E-state index contributed by atoms with van der Waals surface area (Å²) in [5, 5.41) is 5.78. The molecule has 6 heteroatoms. The van der Waals surface area contributed by atoms with Gasteiger partial charge in [-0.05, 0) is 52.5 Å². The smallest absolute Gasteiger partial charge is 0.228 e. The molecular formula is C18H27N3O3. The molecule has 2 rings (SSSR count). The minimum Gasteiger partial charge on any atom is -0.492 e. The maximum atomic E-state index is 12.3. The Morgan fingerprint density at radius 2 is 1.92 bits per heavy atom. The molecule has 1 aromatic rings. The number of anilines is 1. The molecule has 0 aromatic heterocycles. The normalized spacial score (nSPS) is 19.0. The lowest BCUT2D eigenvalue weighted by Crippen LogP contribution is -2.30. The summed E-state index contributed by atoms with van der Waals surface area (Å²) in [6.45, 7) is 4.02. The molecule has 2 atom stereocenters. The van der Waals surface area contributed by atoms with E-state index in [2.05, 4.69) is 15.5 Å². The van der Waals surface area contributed by atoms with Gasteiger partial charge in [-0.3, -0.25) is 9.59 Å². The van der Waals surface area contributed by atoms with Crippen molar-refractivity contribution in [1.29, 1.82) is 0 Å². The topological polar surface area (TPSA) is 70.7 Å². The van der Waals surface area contributed by atoms with Crippen LogP contribution in [0.1, 0.15) is 19.8 Å². The summed E-state index contributed by atoms with van der Waals surface area (Å²) < 4.78 is 5.50. The van der Waals surface area contributed by atoms with E-state index in [0.717, 1.165) is 13.0 Å². The van der Waals surface area contributed by atoms with Crippen LogP contribution in [0, 0.1) is 11.8 Å². The first-order valence-corrected chi connectivity index (χ1v) is 8.48. The Kier molecular flexibility index (Phi) is 6.61. The van der Waals surface area contributed by atoms with Crippen molar-refractivity contribution in [3.63, 3.8) is 0 Å². The van der Waals surface area contributed by atoms with Crippen LogP contribution in [0.3, 0.4) is 0 Å². The fourth-order valence-corrected chi connectivity index (χ4v) is 2.59. The zero-order chi connectivity index (χ0) is 17.5. The van der Waals surface area contributed by atoms with E-state index in [1.54, 1.807) is 0 Å². The molecule has 0 radical (unpaired) electrons. The lowest BCUT2D eigenvalue weighted by atomic mass is 10.2. The second-order valence-electron chi connectivity index (χ2n) is 6.31. The first-order chi connectivity index (χ1) is 11.5. The van der Waals surface area contributed by atoms with Gasteiger partial charge in [0.05, 0.1) is 24.1 Å². The van der Waals surface area contributed by atoms with Gasteiger partial charge in [-0.15, -0.1) is 0 Å². The van der Waals surface area contributed by atoms with E-state index >= 15 is 0 Å². The van der Waals surface area contributed by atoms with Crippen molar-refractivity contribution in [2.45, 2.75) is 19.8 Å². The molecule has 1 aliphatic carbocycles. The standard InChI is InChI=1S/C18H27N3O3/c1-4-24-16-9-6-5-8-15(16)20-18(23)14-12-13(14)17(22)19-10-7-11-21(2)3/h5-6,8-9,13-14H,4,7,10-12H2,1-3H3,(H,19,22)(H,20,23). The van der Waals surface area contributed by atoms with Gasteiger partial charge in [0, 0.05) is 6.54 Å². The van der Waals surface area contributed by atoms with Crippen molar-refractivity contribution >= 4 is 17.5 Å². The van der Waals surface area contributed by atoms with Crippen LogP contribution in [0.4, 0.5) is 5.69 Å². The van der Waals surface area contributed by atoms with Crippen LogP contribution in [0.25, 0.3) is 0 Å². The third-order valence-electron chi connectivity index (χ3n) is 3.99. The van der Waals surface area contributed by atoms with Crippen LogP contribution in [0.2, 0.25) is 0 Å². The minimum atomic E-state index is -0.242. The summed E-state index contributed by atoms with van der Waals surface area (Å²) in [4.78, 5) is 26.4. The van der Waals surface area contributed by atoms with Crippen molar-refractivity contribution in [2.24, 2.45) is 11.8 Å². The Balaban J connectivity index is 1.78. The van der Waals surface area contributed by atoms with Gasteiger partial charge in [-0.1, -0.05) is 12.1 Å². The predicted molar refractivity (Wildman–Crippen MR) is 94.0 cm³/mol. The SMILES string of the molecule is CCOc1ccccc1NC(=O)C1CC1C(=O)NCCCN(C)C. The van der Waals surface area contributed by atoms with E-state index in [1.165, 1.54) is 0 Å². The lowest BCUT2D eigenvalue weighted by Gasteiger charge is -2.11.